The average molecular weight is 453 g/mol. The quantitative estimate of drug-likeness (QED) is 0.611. The van der Waals surface area contributed by atoms with E-state index in [1.807, 2.05) is 29.2 Å². The second-order valence-electron chi connectivity index (χ2n) is 8.90. The molecule has 1 N–H and O–H groups in total. The number of hydrogen-bond donors (Lipinski definition) is 1. The van der Waals surface area contributed by atoms with E-state index in [0.29, 0.717) is 22.5 Å². The highest BCUT2D eigenvalue weighted by molar-refractivity contribution is 6.16. The van der Waals surface area contributed by atoms with Crippen LogP contribution in [0.15, 0.2) is 72.9 Å². The van der Waals surface area contributed by atoms with Gasteiger partial charge in [-0.05, 0) is 48.9 Å². The number of rotatable bonds is 3. The molecule has 3 aliphatic rings. The van der Waals surface area contributed by atoms with E-state index < -0.39 is 29.2 Å². The van der Waals surface area contributed by atoms with Gasteiger partial charge in [-0.3, -0.25) is 19.4 Å². The fourth-order valence-electron chi connectivity index (χ4n) is 5.97. The molecule has 3 aliphatic heterocycles. The van der Waals surface area contributed by atoms with Crippen LogP contribution in [0.2, 0.25) is 0 Å². The smallest absolute Gasteiger partial charge is 0.238 e. The van der Waals surface area contributed by atoms with Crippen molar-refractivity contribution >= 4 is 34.9 Å². The number of hydrogen-bond acceptors (Lipinski definition) is 5. The van der Waals surface area contributed by atoms with Crippen molar-refractivity contribution in [3.63, 3.8) is 0 Å². The second kappa shape index (κ2) is 7.18. The Kier molecular flexibility index (Phi) is 4.33. The van der Waals surface area contributed by atoms with Gasteiger partial charge >= 0.3 is 0 Å². The first kappa shape index (κ1) is 20.5. The molecule has 1 fully saturated rings. The maximum absolute atomic E-state index is 14.1. The summed E-state index contributed by atoms with van der Waals surface area (Å²) in [5, 5.41) is 2.95. The van der Waals surface area contributed by atoms with Crippen LogP contribution in [-0.4, -0.2) is 34.5 Å². The van der Waals surface area contributed by atoms with E-state index in [9.17, 15) is 18.8 Å². The van der Waals surface area contributed by atoms with Crippen molar-refractivity contribution in [3.05, 3.63) is 95.6 Å². The van der Waals surface area contributed by atoms with Gasteiger partial charge in [-0.2, -0.15) is 0 Å². The first-order valence-electron chi connectivity index (χ1n) is 11.1. The highest BCUT2D eigenvalue weighted by Crippen LogP contribution is 2.57. The number of fused-ring (bicyclic) bond motifs is 6. The molecule has 6 nitrogen and oxygen atoms in total. The standard InChI is InChI=1S/C27H20FN3O3/c1-15(32)24-23(25(33)20-8-4-5-13-29-20)27(18-6-2-3-7-19(18)30-26(27)34)22-12-9-16-14-17(28)10-11-21(16)31(22)24/h2-14,22-24H,1H3,(H,30,34)/t22-,23+,24+,27-/m0/s1. The van der Waals surface area contributed by atoms with Crippen molar-refractivity contribution in [2.45, 2.75) is 24.4 Å². The van der Waals surface area contributed by atoms with Crippen molar-refractivity contribution in [3.8, 4) is 0 Å². The number of Topliss-reactive ketones (excluding diaryl/α,β-unsaturated/α-hetero) is 2. The Morgan fingerprint density at radius 3 is 2.65 bits per heavy atom. The van der Waals surface area contributed by atoms with Crippen molar-refractivity contribution < 1.29 is 18.8 Å². The number of anilines is 2. The fraction of sp³-hybridized carbons (Fsp3) is 0.185. The fourth-order valence-corrected chi connectivity index (χ4v) is 5.97. The van der Waals surface area contributed by atoms with Crippen LogP contribution in [0.4, 0.5) is 15.8 Å². The number of carbonyl (C=O) groups is 3. The van der Waals surface area contributed by atoms with Crippen LogP contribution in [0, 0.1) is 11.7 Å². The van der Waals surface area contributed by atoms with Crippen LogP contribution >= 0.6 is 0 Å². The minimum atomic E-state index is -1.36. The average Bonchev–Trinajstić information content (AvgIpc) is 3.32. The summed E-state index contributed by atoms with van der Waals surface area (Å²) in [7, 11) is 0. The Bertz CT molecular complexity index is 1400. The van der Waals surface area contributed by atoms with Gasteiger partial charge in [0.1, 0.15) is 16.9 Å². The molecule has 1 saturated heterocycles. The minimum Gasteiger partial charge on any atom is -0.352 e. The van der Waals surface area contributed by atoms with Crippen LogP contribution in [0.1, 0.15) is 28.5 Å². The van der Waals surface area contributed by atoms with Crippen molar-refractivity contribution in [2.24, 2.45) is 5.92 Å². The predicted molar refractivity (Wildman–Crippen MR) is 125 cm³/mol. The Hall–Kier alpha value is -4.13. The molecule has 1 aromatic heterocycles. The molecule has 1 spiro atoms. The lowest BCUT2D eigenvalue weighted by Gasteiger charge is -2.37. The highest BCUT2D eigenvalue weighted by atomic mass is 19.1. The van der Waals surface area contributed by atoms with Gasteiger partial charge in [-0.15, -0.1) is 0 Å². The maximum atomic E-state index is 14.1. The van der Waals surface area contributed by atoms with Crippen LogP contribution in [-0.2, 0) is 15.0 Å². The van der Waals surface area contributed by atoms with Crippen LogP contribution < -0.4 is 10.2 Å². The molecule has 0 saturated carbocycles. The topological polar surface area (TPSA) is 79.4 Å². The van der Waals surface area contributed by atoms with E-state index in [-0.39, 0.29) is 23.2 Å². The third-order valence-electron chi connectivity index (χ3n) is 7.21. The molecule has 0 unspecified atom stereocenters. The SMILES string of the molecule is CC(=O)[C@@H]1[C@H](C(=O)c2ccccn2)[C@@]2(C(=O)Nc3ccccc32)[C@@H]2C=Cc3cc(F)ccc3N12. The number of nitrogens with one attached hydrogen (secondary N) is 1. The monoisotopic (exact) mass is 453 g/mol. The Balaban J connectivity index is 1.67. The van der Waals surface area contributed by atoms with Gasteiger partial charge in [-0.25, -0.2) is 4.39 Å². The Morgan fingerprint density at radius 1 is 1.09 bits per heavy atom. The lowest BCUT2D eigenvalue weighted by Crippen LogP contribution is -2.51. The summed E-state index contributed by atoms with van der Waals surface area (Å²) in [6.07, 6.45) is 5.09. The molecular formula is C27H20FN3O3. The van der Waals surface area contributed by atoms with Crippen LogP contribution in [0.3, 0.4) is 0 Å². The lowest BCUT2D eigenvalue weighted by molar-refractivity contribution is -0.122. The third kappa shape index (κ3) is 2.55. The Morgan fingerprint density at radius 2 is 1.88 bits per heavy atom. The van der Waals surface area contributed by atoms with Gasteiger partial charge in [0.25, 0.3) is 0 Å². The first-order chi connectivity index (χ1) is 16.4. The van der Waals surface area contributed by atoms with Gasteiger partial charge < -0.3 is 10.2 Å². The number of para-hydroxylation sites is 1. The van der Waals surface area contributed by atoms with Crippen LogP contribution in [0.5, 0.6) is 0 Å². The molecule has 168 valence electrons. The van der Waals surface area contributed by atoms with Gasteiger partial charge in [0.15, 0.2) is 11.6 Å². The molecule has 4 heterocycles. The second-order valence-corrected chi connectivity index (χ2v) is 8.90. The van der Waals surface area contributed by atoms with E-state index in [2.05, 4.69) is 10.3 Å². The summed E-state index contributed by atoms with van der Waals surface area (Å²) in [6.45, 7) is 1.43. The molecule has 6 rings (SSSR count). The molecule has 4 atom stereocenters. The third-order valence-corrected chi connectivity index (χ3v) is 7.21. The molecule has 0 radical (unpaired) electrons. The highest BCUT2D eigenvalue weighted by Gasteiger charge is 2.70. The number of nitrogens with zero attached hydrogens (tertiary/aromatic N) is 2. The van der Waals surface area contributed by atoms with E-state index in [4.69, 9.17) is 0 Å². The number of halogens is 1. The normalized spacial score (nSPS) is 26.1. The van der Waals surface area contributed by atoms with E-state index in [0.717, 1.165) is 0 Å². The number of carbonyl (C=O) groups excluding carboxylic acids is 3. The number of aromatic nitrogens is 1. The molecule has 3 aromatic rings. The summed E-state index contributed by atoms with van der Waals surface area (Å²) < 4.78 is 14.0. The summed E-state index contributed by atoms with van der Waals surface area (Å²) in [6, 6.07) is 15.1. The van der Waals surface area contributed by atoms with E-state index >= 15 is 0 Å². The number of benzene rings is 2. The van der Waals surface area contributed by atoms with Gasteiger partial charge in [0.05, 0.1) is 18.0 Å². The largest absolute Gasteiger partial charge is 0.352 e. The Labute approximate surface area is 195 Å². The molecule has 2 aromatic carbocycles. The zero-order chi connectivity index (χ0) is 23.6. The summed E-state index contributed by atoms with van der Waals surface area (Å²) in [5.74, 6) is -2.40. The van der Waals surface area contributed by atoms with Crippen molar-refractivity contribution in [1.29, 1.82) is 0 Å². The zero-order valence-corrected chi connectivity index (χ0v) is 18.2. The van der Waals surface area contributed by atoms with Gasteiger partial charge in [0, 0.05) is 23.1 Å². The van der Waals surface area contributed by atoms with Crippen molar-refractivity contribution in [2.75, 3.05) is 10.2 Å². The molecule has 1 amide bonds. The lowest BCUT2D eigenvalue weighted by atomic mass is 9.64. The van der Waals surface area contributed by atoms with Gasteiger partial charge in [-0.1, -0.05) is 36.4 Å². The van der Waals surface area contributed by atoms with Crippen LogP contribution in [0.25, 0.3) is 6.08 Å². The molecule has 0 bridgehead atoms. The molecular weight excluding hydrogens is 433 g/mol. The number of amides is 1. The molecule has 0 aliphatic carbocycles. The summed E-state index contributed by atoms with van der Waals surface area (Å²) in [5.41, 5.74) is 1.33. The van der Waals surface area contributed by atoms with Gasteiger partial charge in [0.2, 0.25) is 5.91 Å². The zero-order valence-electron chi connectivity index (χ0n) is 18.2. The number of ketones is 2. The molecule has 7 heteroatoms. The first-order valence-corrected chi connectivity index (χ1v) is 11.1. The minimum absolute atomic E-state index is 0.193. The van der Waals surface area contributed by atoms with E-state index in [1.165, 1.54) is 25.3 Å². The maximum Gasteiger partial charge on any atom is 0.238 e. The summed E-state index contributed by atoms with van der Waals surface area (Å²) in [4.78, 5) is 47.3. The summed E-state index contributed by atoms with van der Waals surface area (Å²) >= 11 is 0. The predicted octanol–water partition coefficient (Wildman–Crippen LogP) is 3.78. The molecule has 34 heavy (non-hydrogen) atoms. The van der Waals surface area contributed by atoms with E-state index in [1.54, 1.807) is 36.4 Å². The van der Waals surface area contributed by atoms with Crippen molar-refractivity contribution in [1.82, 2.24) is 4.98 Å². The number of pyridine rings is 1.